The maximum absolute atomic E-state index is 4.21. The van der Waals surface area contributed by atoms with Crippen LogP contribution in [0.2, 0.25) is 0 Å². The average Bonchev–Trinajstić information content (AvgIpc) is 2.35. The van der Waals surface area contributed by atoms with Crippen LogP contribution in [0.5, 0.6) is 0 Å². The van der Waals surface area contributed by atoms with Crippen LogP contribution in [0.3, 0.4) is 0 Å². The average molecular weight is 217 g/mol. The van der Waals surface area contributed by atoms with Gasteiger partial charge in [-0.2, -0.15) is 0 Å². The van der Waals surface area contributed by atoms with Crippen molar-refractivity contribution in [1.29, 1.82) is 0 Å². The maximum Gasteiger partial charge on any atom is 0.137 e. The first kappa shape index (κ1) is 12.0. The molecule has 0 unspecified atom stereocenters. The molecule has 0 spiro atoms. The highest BCUT2D eigenvalue weighted by Crippen LogP contribution is 2.06. The van der Waals surface area contributed by atoms with E-state index in [1.165, 1.54) is 12.7 Å². The van der Waals surface area contributed by atoms with E-state index < -0.39 is 0 Å². The molecule has 0 aromatic carbocycles. The molecule has 84 valence electrons. The summed E-state index contributed by atoms with van der Waals surface area (Å²) < 4.78 is 0. The molecule has 0 aliphatic carbocycles. The van der Waals surface area contributed by atoms with Gasteiger partial charge in [-0.25, -0.2) is 15.0 Å². The summed E-state index contributed by atoms with van der Waals surface area (Å²) >= 11 is 0. The zero-order chi connectivity index (χ0) is 11.8. The van der Waals surface area contributed by atoms with E-state index >= 15 is 0 Å². The summed E-state index contributed by atoms with van der Waals surface area (Å²) in [5.74, 6) is 1.56. The van der Waals surface area contributed by atoms with E-state index in [-0.39, 0.29) is 0 Å². The van der Waals surface area contributed by atoms with Gasteiger partial charge in [0.25, 0.3) is 0 Å². The van der Waals surface area contributed by atoms with Gasteiger partial charge in [-0.1, -0.05) is 6.08 Å². The second-order valence-electron chi connectivity index (χ2n) is 2.99. The van der Waals surface area contributed by atoms with Crippen molar-refractivity contribution < 1.29 is 0 Å². The molecule has 5 nitrogen and oxygen atoms in total. The van der Waals surface area contributed by atoms with E-state index in [1.807, 2.05) is 37.1 Å². The molecule has 0 aliphatic heterocycles. The summed E-state index contributed by atoms with van der Waals surface area (Å²) in [5, 5.41) is 0. The highest BCUT2D eigenvalue weighted by atomic mass is 15.2. The fourth-order valence-electron chi connectivity index (χ4n) is 1.11. The van der Waals surface area contributed by atoms with Crippen molar-refractivity contribution in [3.05, 3.63) is 30.7 Å². The van der Waals surface area contributed by atoms with Crippen molar-refractivity contribution in [2.45, 2.75) is 6.92 Å². The Labute approximate surface area is 95.3 Å². The number of rotatable bonds is 3. The largest absolute Gasteiger partial charge is 0.314 e. The highest BCUT2D eigenvalue weighted by molar-refractivity contribution is 6.07. The quantitative estimate of drug-likeness (QED) is 0.570. The van der Waals surface area contributed by atoms with Gasteiger partial charge in [0.05, 0.1) is 0 Å². The number of allylic oxidation sites excluding steroid dienone is 1. The highest BCUT2D eigenvalue weighted by Gasteiger charge is 2.05. The first-order chi connectivity index (χ1) is 7.79. The molecule has 0 bridgehead atoms. The van der Waals surface area contributed by atoms with Crippen LogP contribution in [-0.4, -0.2) is 36.2 Å². The van der Waals surface area contributed by atoms with Gasteiger partial charge in [-0.05, 0) is 19.1 Å². The number of nitrogens with zero attached hydrogens (tertiary/aromatic N) is 5. The van der Waals surface area contributed by atoms with E-state index in [9.17, 15) is 0 Å². The fourth-order valence-corrected chi connectivity index (χ4v) is 1.11. The Morgan fingerprint density at radius 3 is 2.88 bits per heavy atom. The van der Waals surface area contributed by atoms with E-state index in [4.69, 9.17) is 0 Å². The molecular weight excluding hydrogens is 202 g/mol. The van der Waals surface area contributed by atoms with Gasteiger partial charge in [0.1, 0.15) is 24.3 Å². The standard InChI is InChI=1S/C11H15N5/c1-4-5-10(14-8-12-2)16(3)11-6-7-13-9-15-11/h4-9H,1-3H3/b5-4-,12-8?,14-10?. The Balaban J connectivity index is 2.96. The first-order valence-electron chi connectivity index (χ1n) is 4.90. The topological polar surface area (TPSA) is 53.7 Å². The van der Waals surface area contributed by atoms with Crippen LogP contribution >= 0.6 is 0 Å². The van der Waals surface area contributed by atoms with Crippen molar-refractivity contribution in [2.75, 3.05) is 19.0 Å². The van der Waals surface area contributed by atoms with Crippen molar-refractivity contribution >= 4 is 18.0 Å². The number of likely N-dealkylation sites (N-methyl/N-ethyl adjacent to an activating group) is 1. The Kier molecular flexibility index (Phi) is 4.85. The Hall–Kier alpha value is -2.04. The van der Waals surface area contributed by atoms with Crippen molar-refractivity contribution in [2.24, 2.45) is 9.98 Å². The van der Waals surface area contributed by atoms with Gasteiger partial charge < -0.3 is 4.90 Å². The van der Waals surface area contributed by atoms with E-state index in [1.54, 1.807) is 13.2 Å². The Morgan fingerprint density at radius 1 is 1.50 bits per heavy atom. The molecule has 0 saturated carbocycles. The Bertz CT molecular complexity index is 394. The SMILES string of the molecule is C/C=C\C(=NC=NC)N(C)c1ccncn1. The number of anilines is 1. The molecule has 0 amide bonds. The van der Waals surface area contributed by atoms with Crippen LogP contribution in [0, 0.1) is 0 Å². The van der Waals surface area contributed by atoms with Crippen LogP contribution in [0.25, 0.3) is 0 Å². The molecule has 0 fully saturated rings. The normalized spacial score (nSPS) is 12.6. The Morgan fingerprint density at radius 2 is 2.31 bits per heavy atom. The third-order valence-corrected chi connectivity index (χ3v) is 1.87. The van der Waals surface area contributed by atoms with Gasteiger partial charge >= 0.3 is 0 Å². The zero-order valence-corrected chi connectivity index (χ0v) is 9.70. The summed E-state index contributed by atoms with van der Waals surface area (Å²) in [4.78, 5) is 17.9. The predicted molar refractivity (Wildman–Crippen MR) is 67.1 cm³/mol. The lowest BCUT2D eigenvalue weighted by molar-refractivity contribution is 1.10. The van der Waals surface area contributed by atoms with E-state index in [2.05, 4.69) is 20.0 Å². The third-order valence-electron chi connectivity index (χ3n) is 1.87. The molecule has 1 rings (SSSR count). The molecule has 5 heteroatoms. The fraction of sp³-hybridized carbons (Fsp3) is 0.273. The van der Waals surface area contributed by atoms with Crippen LogP contribution in [-0.2, 0) is 0 Å². The minimum absolute atomic E-state index is 0.770. The van der Waals surface area contributed by atoms with Crippen LogP contribution in [0.15, 0.2) is 40.7 Å². The summed E-state index contributed by atoms with van der Waals surface area (Å²) in [6.07, 6.45) is 8.52. The second-order valence-corrected chi connectivity index (χ2v) is 2.99. The first-order valence-corrected chi connectivity index (χ1v) is 4.90. The lowest BCUT2D eigenvalue weighted by Crippen LogP contribution is -2.25. The summed E-state index contributed by atoms with van der Waals surface area (Å²) in [7, 11) is 3.58. The molecule has 1 aromatic heterocycles. The molecule has 0 atom stereocenters. The minimum atomic E-state index is 0.770. The van der Waals surface area contributed by atoms with Gasteiger partial charge in [0.2, 0.25) is 0 Å². The number of aromatic nitrogens is 2. The molecule has 1 heterocycles. The van der Waals surface area contributed by atoms with Crippen molar-refractivity contribution in [3.63, 3.8) is 0 Å². The van der Waals surface area contributed by atoms with Gasteiger partial charge in [-0.3, -0.25) is 4.99 Å². The second kappa shape index (κ2) is 6.44. The third kappa shape index (κ3) is 3.27. The predicted octanol–water partition coefficient (Wildman–Crippen LogP) is 1.55. The smallest absolute Gasteiger partial charge is 0.137 e. The summed E-state index contributed by atoms with van der Waals surface area (Å²) in [6.45, 7) is 1.94. The van der Waals surface area contributed by atoms with E-state index in [0.29, 0.717) is 0 Å². The lowest BCUT2D eigenvalue weighted by Gasteiger charge is -2.16. The molecule has 16 heavy (non-hydrogen) atoms. The molecule has 0 radical (unpaired) electrons. The van der Waals surface area contributed by atoms with Gasteiger partial charge in [0.15, 0.2) is 0 Å². The molecule has 0 aliphatic rings. The summed E-state index contributed by atoms with van der Waals surface area (Å²) in [6, 6.07) is 1.82. The lowest BCUT2D eigenvalue weighted by atomic mass is 10.4. The molecule has 0 N–H and O–H groups in total. The number of hydrogen-bond acceptors (Lipinski definition) is 3. The molecule has 1 aromatic rings. The van der Waals surface area contributed by atoms with Gasteiger partial charge in [-0.15, -0.1) is 0 Å². The number of aliphatic imine (C=N–C) groups is 2. The number of hydrogen-bond donors (Lipinski definition) is 0. The zero-order valence-electron chi connectivity index (χ0n) is 9.70. The summed E-state index contributed by atoms with van der Waals surface area (Å²) in [5.41, 5.74) is 0. The van der Waals surface area contributed by atoms with Crippen molar-refractivity contribution in [3.8, 4) is 0 Å². The van der Waals surface area contributed by atoms with Gasteiger partial charge in [0, 0.05) is 20.3 Å². The number of amidine groups is 1. The molecular formula is C11H15N5. The minimum Gasteiger partial charge on any atom is -0.314 e. The maximum atomic E-state index is 4.21. The van der Waals surface area contributed by atoms with Crippen LogP contribution in [0.1, 0.15) is 6.92 Å². The van der Waals surface area contributed by atoms with E-state index in [0.717, 1.165) is 11.7 Å². The van der Waals surface area contributed by atoms with Crippen molar-refractivity contribution in [1.82, 2.24) is 9.97 Å². The van der Waals surface area contributed by atoms with Crippen LogP contribution in [0.4, 0.5) is 5.82 Å². The monoisotopic (exact) mass is 217 g/mol. The van der Waals surface area contributed by atoms with Crippen LogP contribution < -0.4 is 4.90 Å². The molecule has 0 saturated heterocycles.